The molecule has 1 unspecified atom stereocenters. The molecule has 0 aromatic carbocycles. The van der Waals surface area contributed by atoms with Crippen LogP contribution in [0.4, 0.5) is 0 Å². The van der Waals surface area contributed by atoms with Gasteiger partial charge in [-0.1, -0.05) is 0 Å². The van der Waals surface area contributed by atoms with Crippen LogP contribution in [0.2, 0.25) is 0 Å². The summed E-state index contributed by atoms with van der Waals surface area (Å²) in [4.78, 5) is 28.9. The lowest BCUT2D eigenvalue weighted by atomic mass is 9.98. The molecule has 1 amide bonds. The summed E-state index contributed by atoms with van der Waals surface area (Å²) in [6.07, 6.45) is 2.86. The number of rotatable bonds is 3. The summed E-state index contributed by atoms with van der Waals surface area (Å²) in [7, 11) is 1.45. The molecule has 0 spiro atoms. The zero-order chi connectivity index (χ0) is 13.8. The van der Waals surface area contributed by atoms with E-state index in [9.17, 15) is 9.59 Å². The lowest BCUT2D eigenvalue weighted by Crippen LogP contribution is -2.42. The fraction of sp³-hybridized carbons (Fsp3) is 0.462. The zero-order valence-electron chi connectivity index (χ0n) is 10.7. The molecular weight excluding hydrogens is 248 g/mol. The molecule has 0 saturated carbocycles. The second-order valence-electron chi connectivity index (χ2n) is 4.49. The highest BCUT2D eigenvalue weighted by Crippen LogP contribution is 2.22. The van der Waals surface area contributed by atoms with E-state index in [-0.39, 0.29) is 18.3 Å². The van der Waals surface area contributed by atoms with Crippen LogP contribution in [0, 0.1) is 5.92 Å². The van der Waals surface area contributed by atoms with Crippen molar-refractivity contribution in [2.45, 2.75) is 12.8 Å². The van der Waals surface area contributed by atoms with E-state index in [1.54, 1.807) is 23.2 Å². The second-order valence-corrected chi connectivity index (χ2v) is 4.49. The van der Waals surface area contributed by atoms with Gasteiger partial charge in [0.15, 0.2) is 0 Å². The molecule has 1 aromatic heterocycles. The number of amides is 1. The average Bonchev–Trinajstić information content (AvgIpc) is 2.46. The Bertz CT molecular complexity index is 489. The molecule has 2 heterocycles. The molecule has 1 aromatic rings. The van der Waals surface area contributed by atoms with E-state index in [0.29, 0.717) is 24.9 Å². The third kappa shape index (κ3) is 2.83. The van der Waals surface area contributed by atoms with Gasteiger partial charge in [-0.15, -0.1) is 0 Å². The van der Waals surface area contributed by atoms with Gasteiger partial charge in [0.05, 0.1) is 13.0 Å². The normalized spacial score (nSPS) is 19.0. The van der Waals surface area contributed by atoms with Crippen LogP contribution in [-0.2, 0) is 4.79 Å². The number of carbonyl (C=O) groups is 2. The van der Waals surface area contributed by atoms with Crippen molar-refractivity contribution in [3.63, 3.8) is 0 Å². The third-order valence-corrected chi connectivity index (χ3v) is 3.25. The monoisotopic (exact) mass is 264 g/mol. The zero-order valence-corrected chi connectivity index (χ0v) is 10.7. The van der Waals surface area contributed by atoms with Crippen molar-refractivity contribution in [1.82, 2.24) is 9.88 Å². The predicted molar refractivity (Wildman–Crippen MR) is 67.1 cm³/mol. The highest BCUT2D eigenvalue weighted by atomic mass is 16.5. The van der Waals surface area contributed by atoms with Crippen molar-refractivity contribution >= 4 is 11.9 Å². The van der Waals surface area contributed by atoms with Crippen LogP contribution < -0.4 is 4.74 Å². The Morgan fingerprint density at radius 2 is 2.32 bits per heavy atom. The lowest BCUT2D eigenvalue weighted by Gasteiger charge is -2.30. The number of aromatic nitrogens is 1. The Labute approximate surface area is 111 Å². The Balaban J connectivity index is 2.17. The van der Waals surface area contributed by atoms with Gasteiger partial charge in [-0.2, -0.15) is 0 Å². The molecule has 1 N–H and O–H groups in total. The smallest absolute Gasteiger partial charge is 0.308 e. The van der Waals surface area contributed by atoms with E-state index in [0.717, 1.165) is 0 Å². The summed E-state index contributed by atoms with van der Waals surface area (Å²) in [5.41, 5.74) is 0.371. The van der Waals surface area contributed by atoms with Crippen molar-refractivity contribution in [3.8, 4) is 5.88 Å². The van der Waals surface area contributed by atoms with Crippen molar-refractivity contribution in [2.75, 3.05) is 20.2 Å². The molecule has 0 radical (unpaired) electrons. The van der Waals surface area contributed by atoms with Crippen molar-refractivity contribution < 1.29 is 19.4 Å². The van der Waals surface area contributed by atoms with Crippen LogP contribution >= 0.6 is 0 Å². The maximum absolute atomic E-state index is 12.4. The number of ether oxygens (including phenoxy) is 1. The Morgan fingerprint density at radius 3 is 3.00 bits per heavy atom. The molecule has 6 heteroatoms. The number of nitrogens with zero attached hydrogens (tertiary/aromatic N) is 2. The maximum atomic E-state index is 12.4. The van der Waals surface area contributed by atoms with Gasteiger partial charge in [0, 0.05) is 19.3 Å². The SMILES string of the molecule is COc1ncccc1C(=O)N1CCCC(C(=O)O)C1. The standard InChI is InChI=1S/C13H16N2O4/c1-19-11-10(5-2-6-14-11)12(16)15-7-3-4-9(8-15)13(17)18/h2,5-6,9H,3-4,7-8H2,1H3,(H,17,18). The summed E-state index contributed by atoms with van der Waals surface area (Å²) >= 11 is 0. The molecule has 0 bridgehead atoms. The van der Waals surface area contributed by atoms with Crippen molar-refractivity contribution in [2.24, 2.45) is 5.92 Å². The van der Waals surface area contributed by atoms with E-state index in [2.05, 4.69) is 4.98 Å². The number of carboxylic acids is 1. The van der Waals surface area contributed by atoms with Gasteiger partial charge in [0.25, 0.3) is 5.91 Å². The van der Waals surface area contributed by atoms with Crippen LogP contribution in [0.25, 0.3) is 0 Å². The lowest BCUT2D eigenvalue weighted by molar-refractivity contribution is -0.143. The summed E-state index contributed by atoms with van der Waals surface area (Å²) in [5.74, 6) is -1.29. The first-order chi connectivity index (χ1) is 9.13. The fourth-order valence-corrected chi connectivity index (χ4v) is 2.25. The second kappa shape index (κ2) is 5.69. The maximum Gasteiger partial charge on any atom is 0.308 e. The van der Waals surface area contributed by atoms with E-state index < -0.39 is 11.9 Å². The summed E-state index contributed by atoms with van der Waals surface area (Å²) in [5, 5.41) is 9.03. The predicted octanol–water partition coefficient (Wildman–Crippen LogP) is 1.03. The van der Waals surface area contributed by atoms with E-state index in [4.69, 9.17) is 9.84 Å². The van der Waals surface area contributed by atoms with Gasteiger partial charge in [0.2, 0.25) is 5.88 Å². The first-order valence-corrected chi connectivity index (χ1v) is 6.14. The van der Waals surface area contributed by atoms with Crippen molar-refractivity contribution in [1.29, 1.82) is 0 Å². The van der Waals surface area contributed by atoms with Crippen LogP contribution in [-0.4, -0.2) is 47.1 Å². The molecular formula is C13H16N2O4. The Morgan fingerprint density at radius 1 is 1.53 bits per heavy atom. The molecule has 2 rings (SSSR count). The first-order valence-electron chi connectivity index (χ1n) is 6.14. The van der Waals surface area contributed by atoms with Gasteiger partial charge in [-0.3, -0.25) is 9.59 Å². The van der Waals surface area contributed by atoms with E-state index in [1.807, 2.05) is 0 Å². The first kappa shape index (κ1) is 13.3. The number of aliphatic carboxylic acids is 1. The fourth-order valence-electron chi connectivity index (χ4n) is 2.25. The van der Waals surface area contributed by atoms with Gasteiger partial charge < -0.3 is 14.7 Å². The molecule has 19 heavy (non-hydrogen) atoms. The number of pyridine rings is 1. The molecule has 6 nitrogen and oxygen atoms in total. The topological polar surface area (TPSA) is 79.7 Å². The number of carbonyl (C=O) groups excluding carboxylic acids is 1. The molecule has 0 aliphatic carbocycles. The van der Waals surface area contributed by atoms with Gasteiger partial charge in [-0.05, 0) is 25.0 Å². The van der Waals surface area contributed by atoms with Crippen LogP contribution in [0.5, 0.6) is 5.88 Å². The highest BCUT2D eigenvalue weighted by Gasteiger charge is 2.29. The molecule has 102 valence electrons. The van der Waals surface area contributed by atoms with E-state index in [1.165, 1.54) is 7.11 Å². The Kier molecular flexibility index (Phi) is 3.99. The number of hydrogen-bond donors (Lipinski definition) is 1. The number of likely N-dealkylation sites (tertiary alicyclic amines) is 1. The van der Waals surface area contributed by atoms with Crippen LogP contribution in [0.1, 0.15) is 23.2 Å². The minimum atomic E-state index is -0.851. The number of piperidine rings is 1. The van der Waals surface area contributed by atoms with Gasteiger partial charge in [0.1, 0.15) is 5.56 Å². The van der Waals surface area contributed by atoms with Gasteiger partial charge in [-0.25, -0.2) is 4.98 Å². The summed E-state index contributed by atoms with van der Waals surface area (Å²) < 4.78 is 5.06. The largest absolute Gasteiger partial charge is 0.481 e. The molecule has 1 atom stereocenters. The molecule has 1 fully saturated rings. The summed E-state index contributed by atoms with van der Waals surface area (Å²) in [6.45, 7) is 0.812. The highest BCUT2D eigenvalue weighted by molar-refractivity contribution is 5.96. The average molecular weight is 264 g/mol. The molecule has 1 saturated heterocycles. The molecule has 1 aliphatic rings. The number of methoxy groups -OCH3 is 1. The van der Waals surface area contributed by atoms with Crippen LogP contribution in [0.15, 0.2) is 18.3 Å². The summed E-state index contributed by atoms with van der Waals surface area (Å²) in [6, 6.07) is 3.30. The van der Waals surface area contributed by atoms with Crippen molar-refractivity contribution in [3.05, 3.63) is 23.9 Å². The third-order valence-electron chi connectivity index (χ3n) is 3.25. The minimum Gasteiger partial charge on any atom is -0.481 e. The Hall–Kier alpha value is -2.11. The minimum absolute atomic E-state index is 0.226. The van der Waals surface area contributed by atoms with Gasteiger partial charge >= 0.3 is 5.97 Å². The van der Waals surface area contributed by atoms with E-state index >= 15 is 0 Å². The van der Waals surface area contributed by atoms with Crippen LogP contribution in [0.3, 0.4) is 0 Å². The quantitative estimate of drug-likeness (QED) is 0.882. The number of carboxylic acid groups (broad SMARTS) is 1. The number of hydrogen-bond acceptors (Lipinski definition) is 4. The molecule has 1 aliphatic heterocycles.